The van der Waals surface area contributed by atoms with Gasteiger partial charge in [-0.2, -0.15) is 5.10 Å². The van der Waals surface area contributed by atoms with E-state index in [4.69, 9.17) is 4.52 Å². The summed E-state index contributed by atoms with van der Waals surface area (Å²) in [4.78, 5) is 12.2. The molecule has 23 heavy (non-hydrogen) atoms. The molecule has 0 radical (unpaired) electrons. The fourth-order valence-electron chi connectivity index (χ4n) is 2.40. The van der Waals surface area contributed by atoms with Crippen LogP contribution in [0.2, 0.25) is 0 Å². The van der Waals surface area contributed by atoms with Crippen molar-refractivity contribution in [2.24, 2.45) is 0 Å². The number of carbonyl (C=O) groups excluding carboxylic acids is 1. The van der Waals surface area contributed by atoms with Crippen LogP contribution in [-0.2, 0) is 13.1 Å². The lowest BCUT2D eigenvalue weighted by Crippen LogP contribution is -2.24. The molecule has 2 heterocycles. The van der Waals surface area contributed by atoms with E-state index in [0.717, 1.165) is 23.5 Å². The largest absolute Gasteiger partial charge is 0.355 e. The van der Waals surface area contributed by atoms with Crippen molar-refractivity contribution in [2.45, 2.75) is 26.9 Å². The SMILES string of the molecule is CCn1nc(C)cc1CNC(=O)c1cc(-c2ccccc2)on1. The molecule has 118 valence electrons. The third-order valence-corrected chi connectivity index (χ3v) is 3.52. The standard InChI is InChI=1S/C17H18N4O2/c1-3-21-14(9-12(2)19-21)11-18-17(22)15-10-16(23-20-15)13-7-5-4-6-8-13/h4-10H,3,11H2,1-2H3,(H,18,22). The number of hydrogen-bond acceptors (Lipinski definition) is 4. The Kier molecular flexibility index (Phi) is 4.23. The maximum absolute atomic E-state index is 12.2. The Labute approximate surface area is 134 Å². The first-order chi connectivity index (χ1) is 11.2. The molecule has 0 bridgehead atoms. The fraction of sp³-hybridized carbons (Fsp3) is 0.235. The van der Waals surface area contributed by atoms with Crippen molar-refractivity contribution >= 4 is 5.91 Å². The second kappa shape index (κ2) is 6.48. The van der Waals surface area contributed by atoms with Crippen LogP contribution in [0.1, 0.15) is 28.8 Å². The van der Waals surface area contributed by atoms with Crippen molar-refractivity contribution in [3.63, 3.8) is 0 Å². The highest BCUT2D eigenvalue weighted by molar-refractivity contribution is 5.93. The van der Waals surface area contributed by atoms with Gasteiger partial charge in [-0.15, -0.1) is 0 Å². The summed E-state index contributed by atoms with van der Waals surface area (Å²) < 4.78 is 7.11. The van der Waals surface area contributed by atoms with Crippen molar-refractivity contribution in [2.75, 3.05) is 0 Å². The summed E-state index contributed by atoms with van der Waals surface area (Å²) in [6.45, 7) is 5.12. The molecular weight excluding hydrogens is 292 g/mol. The molecule has 0 aliphatic rings. The summed E-state index contributed by atoms with van der Waals surface area (Å²) >= 11 is 0. The minimum Gasteiger partial charge on any atom is -0.355 e. The first kappa shape index (κ1) is 15.0. The van der Waals surface area contributed by atoms with Crippen LogP contribution in [0.5, 0.6) is 0 Å². The Hall–Kier alpha value is -2.89. The highest BCUT2D eigenvalue weighted by Gasteiger charge is 2.14. The van der Waals surface area contributed by atoms with Gasteiger partial charge >= 0.3 is 0 Å². The van der Waals surface area contributed by atoms with Crippen LogP contribution in [0, 0.1) is 6.92 Å². The Morgan fingerprint density at radius 3 is 2.78 bits per heavy atom. The number of aromatic nitrogens is 3. The van der Waals surface area contributed by atoms with E-state index in [-0.39, 0.29) is 11.6 Å². The topological polar surface area (TPSA) is 73.0 Å². The second-order valence-corrected chi connectivity index (χ2v) is 5.22. The molecule has 1 N–H and O–H groups in total. The van der Waals surface area contributed by atoms with Crippen molar-refractivity contribution in [3.8, 4) is 11.3 Å². The number of rotatable bonds is 5. The molecule has 1 amide bonds. The van der Waals surface area contributed by atoms with Crippen molar-refractivity contribution in [1.82, 2.24) is 20.3 Å². The molecule has 3 rings (SSSR count). The van der Waals surface area contributed by atoms with Gasteiger partial charge in [-0.3, -0.25) is 9.48 Å². The molecule has 0 fully saturated rings. The molecule has 0 unspecified atom stereocenters. The molecule has 0 saturated heterocycles. The van der Waals surface area contributed by atoms with E-state index < -0.39 is 0 Å². The number of benzene rings is 1. The normalized spacial score (nSPS) is 10.7. The molecule has 0 aliphatic heterocycles. The van der Waals surface area contributed by atoms with E-state index in [0.29, 0.717) is 12.3 Å². The van der Waals surface area contributed by atoms with Gasteiger partial charge < -0.3 is 9.84 Å². The van der Waals surface area contributed by atoms with Gasteiger partial charge in [0.05, 0.1) is 17.9 Å². The summed E-state index contributed by atoms with van der Waals surface area (Å²) in [5.41, 5.74) is 3.05. The van der Waals surface area contributed by atoms with Gasteiger partial charge in [-0.05, 0) is 19.9 Å². The lowest BCUT2D eigenvalue weighted by atomic mass is 10.1. The summed E-state index contributed by atoms with van der Waals surface area (Å²) in [5.74, 6) is 0.308. The fourth-order valence-corrected chi connectivity index (χ4v) is 2.40. The third kappa shape index (κ3) is 3.31. The highest BCUT2D eigenvalue weighted by Crippen LogP contribution is 2.19. The number of nitrogens with zero attached hydrogens (tertiary/aromatic N) is 3. The van der Waals surface area contributed by atoms with Crippen LogP contribution < -0.4 is 5.32 Å². The zero-order chi connectivity index (χ0) is 16.2. The van der Waals surface area contributed by atoms with Crippen LogP contribution in [0.3, 0.4) is 0 Å². The monoisotopic (exact) mass is 310 g/mol. The number of amides is 1. The zero-order valence-electron chi connectivity index (χ0n) is 13.1. The summed E-state index contributed by atoms with van der Waals surface area (Å²) in [6, 6.07) is 13.2. The van der Waals surface area contributed by atoms with Crippen molar-refractivity contribution in [1.29, 1.82) is 0 Å². The molecule has 0 aliphatic carbocycles. The predicted octanol–water partition coefficient (Wildman–Crippen LogP) is 2.80. The van der Waals surface area contributed by atoms with Gasteiger partial charge in [0.2, 0.25) is 0 Å². The zero-order valence-corrected chi connectivity index (χ0v) is 13.1. The van der Waals surface area contributed by atoms with Crippen LogP contribution in [0.25, 0.3) is 11.3 Å². The maximum atomic E-state index is 12.2. The number of nitrogens with one attached hydrogen (secondary N) is 1. The van der Waals surface area contributed by atoms with Crippen molar-refractivity contribution < 1.29 is 9.32 Å². The van der Waals surface area contributed by atoms with Crippen LogP contribution in [-0.4, -0.2) is 20.8 Å². The van der Waals surface area contributed by atoms with Gasteiger partial charge in [0.1, 0.15) is 0 Å². The Bertz CT molecular complexity index is 805. The molecule has 6 heteroatoms. The second-order valence-electron chi connectivity index (χ2n) is 5.22. The van der Waals surface area contributed by atoms with Gasteiger partial charge in [-0.1, -0.05) is 35.5 Å². The van der Waals surface area contributed by atoms with Crippen LogP contribution >= 0.6 is 0 Å². The van der Waals surface area contributed by atoms with E-state index >= 15 is 0 Å². The lowest BCUT2D eigenvalue weighted by molar-refractivity contribution is 0.0941. The number of aryl methyl sites for hydroxylation is 2. The first-order valence-corrected chi connectivity index (χ1v) is 7.51. The van der Waals surface area contributed by atoms with E-state index in [9.17, 15) is 4.79 Å². The van der Waals surface area contributed by atoms with Gasteiger partial charge in [0.25, 0.3) is 5.91 Å². The highest BCUT2D eigenvalue weighted by atomic mass is 16.5. The Morgan fingerprint density at radius 2 is 2.04 bits per heavy atom. The molecule has 0 spiro atoms. The molecule has 1 aromatic carbocycles. The Morgan fingerprint density at radius 1 is 1.26 bits per heavy atom. The van der Waals surface area contributed by atoms with E-state index in [2.05, 4.69) is 15.6 Å². The van der Waals surface area contributed by atoms with E-state index in [1.165, 1.54) is 0 Å². The van der Waals surface area contributed by atoms with Gasteiger partial charge in [0.15, 0.2) is 11.5 Å². The number of hydrogen-bond donors (Lipinski definition) is 1. The van der Waals surface area contributed by atoms with Gasteiger partial charge in [0, 0.05) is 18.2 Å². The average Bonchev–Trinajstić information content (AvgIpc) is 3.20. The molecule has 2 aromatic heterocycles. The maximum Gasteiger partial charge on any atom is 0.273 e. The van der Waals surface area contributed by atoms with E-state index in [1.807, 2.05) is 54.9 Å². The summed E-state index contributed by atoms with van der Waals surface area (Å²) in [5, 5.41) is 11.0. The number of carbonyl (C=O) groups is 1. The van der Waals surface area contributed by atoms with E-state index in [1.54, 1.807) is 6.07 Å². The Balaban J connectivity index is 1.68. The third-order valence-electron chi connectivity index (χ3n) is 3.52. The van der Waals surface area contributed by atoms with Gasteiger partial charge in [-0.25, -0.2) is 0 Å². The molecule has 0 saturated carbocycles. The smallest absolute Gasteiger partial charge is 0.273 e. The molecule has 6 nitrogen and oxygen atoms in total. The first-order valence-electron chi connectivity index (χ1n) is 7.51. The summed E-state index contributed by atoms with van der Waals surface area (Å²) in [7, 11) is 0. The van der Waals surface area contributed by atoms with Crippen LogP contribution in [0.4, 0.5) is 0 Å². The van der Waals surface area contributed by atoms with Crippen LogP contribution in [0.15, 0.2) is 47.0 Å². The lowest BCUT2D eigenvalue weighted by Gasteiger charge is -2.05. The predicted molar refractivity (Wildman–Crippen MR) is 85.7 cm³/mol. The minimum absolute atomic E-state index is 0.266. The average molecular weight is 310 g/mol. The quantitative estimate of drug-likeness (QED) is 0.786. The summed E-state index contributed by atoms with van der Waals surface area (Å²) in [6.07, 6.45) is 0. The molecule has 0 atom stereocenters. The molecule has 3 aromatic rings. The molecular formula is C17H18N4O2. The minimum atomic E-state index is -0.266. The van der Waals surface area contributed by atoms with Crippen molar-refractivity contribution in [3.05, 3.63) is 59.5 Å².